The summed E-state index contributed by atoms with van der Waals surface area (Å²) in [5.74, 6) is -0.653. The van der Waals surface area contributed by atoms with E-state index in [-0.39, 0.29) is 29.7 Å². The average Bonchev–Trinajstić information content (AvgIpc) is 3.04. The molecular weight excluding hydrogens is 379 g/mol. The molecule has 0 aliphatic carbocycles. The normalized spacial score (nSPS) is 10.9. The highest BCUT2D eigenvalue weighted by atomic mass is 19.1. The fourth-order valence-corrected chi connectivity index (χ4v) is 2.98. The first kappa shape index (κ1) is 18.1. The van der Waals surface area contributed by atoms with Crippen LogP contribution in [-0.2, 0) is 6.54 Å². The zero-order valence-corrected chi connectivity index (χ0v) is 14.9. The molecule has 0 saturated carbocycles. The fourth-order valence-electron chi connectivity index (χ4n) is 2.98. The van der Waals surface area contributed by atoms with E-state index in [0.717, 1.165) is 11.2 Å². The third kappa shape index (κ3) is 3.14. The van der Waals surface area contributed by atoms with Crippen LogP contribution in [0.25, 0.3) is 11.0 Å². The molecule has 10 nitrogen and oxygen atoms in total. The lowest BCUT2D eigenvalue weighted by Gasteiger charge is -2.19. The summed E-state index contributed by atoms with van der Waals surface area (Å²) in [6.45, 7) is 0.0455. The van der Waals surface area contributed by atoms with E-state index in [1.54, 1.807) is 30.3 Å². The highest BCUT2D eigenvalue weighted by Crippen LogP contribution is 2.36. The van der Waals surface area contributed by atoms with E-state index < -0.39 is 11.9 Å². The molecule has 29 heavy (non-hydrogen) atoms. The van der Waals surface area contributed by atoms with Crippen molar-refractivity contribution in [3.8, 4) is 0 Å². The number of benzene rings is 1. The van der Waals surface area contributed by atoms with Gasteiger partial charge in [0.25, 0.3) is 0 Å². The molecule has 4 aromatic rings. The molecule has 5 N–H and O–H groups in total. The van der Waals surface area contributed by atoms with Gasteiger partial charge in [0, 0.05) is 11.8 Å². The summed E-state index contributed by atoms with van der Waals surface area (Å²) in [6.07, 6.45) is 1.27. The number of pyridine rings is 1. The number of anilines is 4. The van der Waals surface area contributed by atoms with Crippen LogP contribution >= 0.6 is 0 Å². The minimum atomic E-state index is -1.39. The highest BCUT2D eigenvalue weighted by molar-refractivity contribution is 6.06. The Balaban J connectivity index is 1.91. The molecule has 1 amide bonds. The van der Waals surface area contributed by atoms with Crippen molar-refractivity contribution in [1.82, 2.24) is 24.7 Å². The van der Waals surface area contributed by atoms with Gasteiger partial charge < -0.3 is 16.6 Å². The first-order chi connectivity index (χ1) is 14.0. The highest BCUT2D eigenvalue weighted by Gasteiger charge is 2.29. The first-order valence-electron chi connectivity index (χ1n) is 8.41. The standard InChI is InChI=1S/C18H15FN8O2/c19-12-6-2-1-4-10(12)8-26-16-11(5-3-7-22-16)17(25-26)27(18(28)29)13-14(20)23-9-24-15(13)21/h1-7,9H,8H2,(H,28,29)(H4,20,21,23,24). The maximum Gasteiger partial charge on any atom is 0.418 e. The Morgan fingerprint density at radius 2 is 1.83 bits per heavy atom. The summed E-state index contributed by atoms with van der Waals surface area (Å²) in [6, 6.07) is 9.51. The van der Waals surface area contributed by atoms with E-state index >= 15 is 0 Å². The van der Waals surface area contributed by atoms with E-state index in [2.05, 4.69) is 20.1 Å². The number of halogens is 1. The van der Waals surface area contributed by atoms with Gasteiger partial charge in [-0.2, -0.15) is 5.10 Å². The van der Waals surface area contributed by atoms with E-state index in [4.69, 9.17) is 11.5 Å². The van der Waals surface area contributed by atoms with Crippen LogP contribution in [0.5, 0.6) is 0 Å². The molecule has 0 saturated heterocycles. The first-order valence-corrected chi connectivity index (χ1v) is 8.41. The third-order valence-electron chi connectivity index (χ3n) is 4.27. The zero-order chi connectivity index (χ0) is 20.5. The van der Waals surface area contributed by atoms with Crippen LogP contribution in [0.1, 0.15) is 5.56 Å². The molecule has 11 heteroatoms. The fraction of sp³-hybridized carbons (Fsp3) is 0.0556. The predicted octanol–water partition coefficient (Wildman–Crippen LogP) is 2.39. The van der Waals surface area contributed by atoms with Crippen LogP contribution in [0.15, 0.2) is 48.9 Å². The van der Waals surface area contributed by atoms with Gasteiger partial charge in [-0.3, -0.25) is 0 Å². The smallest absolute Gasteiger partial charge is 0.418 e. The van der Waals surface area contributed by atoms with Crippen molar-refractivity contribution in [3.63, 3.8) is 0 Å². The Labute approximate surface area is 163 Å². The second-order valence-corrected chi connectivity index (χ2v) is 6.06. The van der Waals surface area contributed by atoms with Gasteiger partial charge in [-0.1, -0.05) is 18.2 Å². The minimum Gasteiger partial charge on any atom is -0.464 e. The van der Waals surface area contributed by atoms with Crippen LogP contribution in [-0.4, -0.2) is 35.9 Å². The molecule has 0 unspecified atom stereocenters. The molecule has 0 aliphatic rings. The molecule has 146 valence electrons. The van der Waals surface area contributed by atoms with Crippen LogP contribution in [0.2, 0.25) is 0 Å². The van der Waals surface area contributed by atoms with Crippen molar-refractivity contribution >= 4 is 40.3 Å². The van der Waals surface area contributed by atoms with Crippen LogP contribution in [0.4, 0.5) is 32.3 Å². The molecule has 0 bridgehead atoms. The summed E-state index contributed by atoms with van der Waals surface area (Å²) in [7, 11) is 0. The zero-order valence-electron chi connectivity index (χ0n) is 14.9. The third-order valence-corrected chi connectivity index (χ3v) is 4.27. The lowest BCUT2D eigenvalue weighted by molar-refractivity contribution is 0.204. The number of hydrogen-bond acceptors (Lipinski definition) is 7. The molecular formula is C18H15FN8O2. The topological polar surface area (TPSA) is 149 Å². The number of nitrogen functional groups attached to an aromatic ring is 2. The summed E-state index contributed by atoms with van der Waals surface area (Å²) in [4.78, 5) is 24.8. The number of carbonyl (C=O) groups is 1. The lowest BCUT2D eigenvalue weighted by Crippen LogP contribution is -2.27. The van der Waals surface area contributed by atoms with Gasteiger partial charge in [0.05, 0.1) is 11.9 Å². The summed E-state index contributed by atoms with van der Waals surface area (Å²) >= 11 is 0. The summed E-state index contributed by atoms with van der Waals surface area (Å²) in [5, 5.41) is 14.6. The molecule has 0 radical (unpaired) electrons. The van der Waals surface area contributed by atoms with Crippen molar-refractivity contribution in [3.05, 3.63) is 60.3 Å². The predicted molar refractivity (Wildman–Crippen MR) is 104 cm³/mol. The molecule has 3 heterocycles. The number of hydrogen-bond donors (Lipinski definition) is 3. The van der Waals surface area contributed by atoms with Gasteiger partial charge >= 0.3 is 6.09 Å². The lowest BCUT2D eigenvalue weighted by atomic mass is 10.2. The molecule has 0 fully saturated rings. The van der Waals surface area contributed by atoms with Crippen molar-refractivity contribution in [2.45, 2.75) is 6.54 Å². The SMILES string of the molecule is Nc1ncnc(N)c1N(C(=O)O)c1nn(Cc2ccccc2F)c2ncccc12. The van der Waals surface area contributed by atoms with Crippen molar-refractivity contribution < 1.29 is 14.3 Å². The Morgan fingerprint density at radius 1 is 1.10 bits per heavy atom. The Morgan fingerprint density at radius 3 is 2.52 bits per heavy atom. The van der Waals surface area contributed by atoms with Gasteiger partial charge in [0.2, 0.25) is 0 Å². The molecule has 1 aromatic carbocycles. The summed E-state index contributed by atoms with van der Waals surface area (Å²) < 4.78 is 15.5. The van der Waals surface area contributed by atoms with E-state index in [0.29, 0.717) is 16.6 Å². The number of fused-ring (bicyclic) bond motifs is 1. The number of aromatic nitrogens is 5. The maximum atomic E-state index is 14.1. The Kier molecular flexibility index (Phi) is 4.39. The second kappa shape index (κ2) is 7.03. The monoisotopic (exact) mass is 394 g/mol. The number of nitrogens with zero attached hydrogens (tertiary/aromatic N) is 6. The Bertz CT molecular complexity index is 1210. The number of amides is 1. The number of nitrogens with two attached hydrogens (primary N) is 2. The van der Waals surface area contributed by atoms with Crippen LogP contribution in [0.3, 0.4) is 0 Å². The van der Waals surface area contributed by atoms with E-state index in [1.165, 1.54) is 16.9 Å². The minimum absolute atomic E-state index is 0.00476. The van der Waals surface area contributed by atoms with Crippen molar-refractivity contribution in [2.24, 2.45) is 0 Å². The number of rotatable bonds is 4. The van der Waals surface area contributed by atoms with Crippen molar-refractivity contribution in [1.29, 1.82) is 0 Å². The quantitative estimate of drug-likeness (QED) is 0.477. The van der Waals surface area contributed by atoms with Gasteiger partial charge in [0.1, 0.15) is 17.8 Å². The molecule has 3 aromatic heterocycles. The largest absolute Gasteiger partial charge is 0.464 e. The van der Waals surface area contributed by atoms with Crippen LogP contribution < -0.4 is 16.4 Å². The molecule has 0 atom stereocenters. The van der Waals surface area contributed by atoms with Gasteiger partial charge in [-0.15, -0.1) is 0 Å². The summed E-state index contributed by atoms with van der Waals surface area (Å²) in [5.41, 5.74) is 12.3. The van der Waals surface area contributed by atoms with Gasteiger partial charge in [-0.25, -0.2) is 33.7 Å². The van der Waals surface area contributed by atoms with Crippen molar-refractivity contribution in [2.75, 3.05) is 16.4 Å². The van der Waals surface area contributed by atoms with Gasteiger partial charge in [-0.05, 0) is 18.2 Å². The maximum absolute atomic E-state index is 14.1. The van der Waals surface area contributed by atoms with Crippen LogP contribution in [0, 0.1) is 5.82 Å². The molecule has 0 spiro atoms. The average molecular weight is 394 g/mol. The van der Waals surface area contributed by atoms with E-state index in [1.807, 2.05) is 0 Å². The molecule has 4 rings (SSSR count). The second-order valence-electron chi connectivity index (χ2n) is 6.06. The molecule has 0 aliphatic heterocycles. The number of carboxylic acid groups (broad SMARTS) is 1. The Hall–Kier alpha value is -4.28. The van der Waals surface area contributed by atoms with Gasteiger partial charge in [0.15, 0.2) is 23.1 Å². The van der Waals surface area contributed by atoms with E-state index in [9.17, 15) is 14.3 Å².